The molecule has 0 bridgehead atoms. The first-order valence-electron chi connectivity index (χ1n) is 10.8. The first-order valence-corrected chi connectivity index (χ1v) is 10.8. The normalized spacial score (nSPS) is 27.6. The molecule has 2 aromatic rings. The number of nitrogens with zero attached hydrogens (tertiary/aromatic N) is 2. The molecule has 0 N–H and O–H groups in total. The van der Waals surface area contributed by atoms with E-state index in [4.69, 9.17) is 4.74 Å². The molecule has 0 aliphatic carbocycles. The largest absolute Gasteiger partial charge is 0.496 e. The number of para-hydroxylation sites is 1. The Labute approximate surface area is 180 Å². The minimum atomic E-state index is -2.83. The topological polar surface area (TPSA) is 42.0 Å². The van der Waals surface area contributed by atoms with Gasteiger partial charge in [0.2, 0.25) is 5.91 Å². The number of amides is 1. The summed E-state index contributed by atoms with van der Waals surface area (Å²) in [7, 11) is 1.65. The maximum Gasteiger partial charge on any atom is 0.387 e. The summed E-state index contributed by atoms with van der Waals surface area (Å²) >= 11 is 0. The van der Waals surface area contributed by atoms with Crippen molar-refractivity contribution in [1.82, 2.24) is 9.80 Å². The van der Waals surface area contributed by atoms with Gasteiger partial charge in [-0.05, 0) is 49.6 Å². The highest BCUT2D eigenvalue weighted by Gasteiger charge is 2.65. The quantitative estimate of drug-likeness (QED) is 0.691. The van der Waals surface area contributed by atoms with Gasteiger partial charge in [-0.3, -0.25) is 9.69 Å². The number of likely N-dealkylation sites (tertiary alicyclic amines) is 1. The number of benzene rings is 2. The highest BCUT2D eigenvalue weighted by atomic mass is 19.3. The minimum absolute atomic E-state index is 0.130. The third-order valence-electron chi connectivity index (χ3n) is 7.17. The van der Waals surface area contributed by atoms with Crippen molar-refractivity contribution in [3.8, 4) is 11.5 Å². The molecule has 2 aromatic carbocycles. The second-order valence-electron chi connectivity index (χ2n) is 8.61. The Balaban J connectivity index is 1.37. The Morgan fingerprint density at radius 1 is 1.16 bits per heavy atom. The summed E-state index contributed by atoms with van der Waals surface area (Å²) in [6.07, 6.45) is 2.76. The second kappa shape index (κ2) is 7.79. The molecule has 3 heterocycles. The number of methoxy groups -OCH3 is 1. The Morgan fingerprint density at radius 3 is 2.68 bits per heavy atom. The lowest BCUT2D eigenvalue weighted by Crippen LogP contribution is -2.49. The molecule has 5 rings (SSSR count). The van der Waals surface area contributed by atoms with Crippen LogP contribution in [0.3, 0.4) is 0 Å². The molecular weight excluding hydrogens is 402 g/mol. The van der Waals surface area contributed by atoms with Crippen molar-refractivity contribution in [2.75, 3.05) is 20.2 Å². The predicted molar refractivity (Wildman–Crippen MR) is 111 cm³/mol. The van der Waals surface area contributed by atoms with Crippen molar-refractivity contribution in [3.05, 3.63) is 59.7 Å². The summed E-state index contributed by atoms with van der Waals surface area (Å²) in [5.41, 5.74) is 1.64. The molecule has 3 aliphatic rings. The molecule has 3 aliphatic heterocycles. The summed E-state index contributed by atoms with van der Waals surface area (Å²) in [6, 6.07) is 14.9. The number of hydrogen-bond donors (Lipinski definition) is 0. The van der Waals surface area contributed by atoms with Crippen LogP contribution in [0.2, 0.25) is 0 Å². The van der Waals surface area contributed by atoms with Crippen LogP contribution in [0.1, 0.15) is 36.4 Å². The average Bonchev–Trinajstić information content (AvgIpc) is 3.39. The molecule has 7 heteroatoms. The molecular formula is C24H26F2N2O3. The monoisotopic (exact) mass is 428 g/mol. The number of carbonyl (C=O) groups excluding carboxylic acids is 1. The molecule has 3 fully saturated rings. The van der Waals surface area contributed by atoms with E-state index >= 15 is 0 Å². The maximum atomic E-state index is 13.7. The van der Waals surface area contributed by atoms with E-state index < -0.39 is 12.2 Å². The number of ether oxygens (including phenoxy) is 2. The van der Waals surface area contributed by atoms with Crippen molar-refractivity contribution in [3.63, 3.8) is 0 Å². The van der Waals surface area contributed by atoms with Gasteiger partial charge in [-0.15, -0.1) is 0 Å². The van der Waals surface area contributed by atoms with E-state index in [1.807, 2.05) is 41.3 Å². The van der Waals surface area contributed by atoms with Gasteiger partial charge in [0.15, 0.2) is 0 Å². The fraction of sp³-hybridized carbons (Fsp3) is 0.458. The molecule has 0 saturated carbocycles. The summed E-state index contributed by atoms with van der Waals surface area (Å²) in [4.78, 5) is 18.0. The lowest BCUT2D eigenvalue weighted by Gasteiger charge is -2.33. The zero-order valence-electron chi connectivity index (χ0n) is 17.5. The fourth-order valence-corrected chi connectivity index (χ4v) is 5.94. The van der Waals surface area contributed by atoms with Crippen LogP contribution in [-0.2, 0) is 11.3 Å². The molecule has 3 atom stereocenters. The summed E-state index contributed by atoms with van der Waals surface area (Å²) < 4.78 is 34.9. The van der Waals surface area contributed by atoms with Crippen LogP contribution in [0.25, 0.3) is 0 Å². The third-order valence-corrected chi connectivity index (χ3v) is 7.17. The van der Waals surface area contributed by atoms with E-state index in [0.29, 0.717) is 6.54 Å². The molecule has 1 amide bonds. The Morgan fingerprint density at radius 2 is 1.94 bits per heavy atom. The van der Waals surface area contributed by atoms with Crippen molar-refractivity contribution in [2.45, 2.75) is 44.0 Å². The molecule has 164 valence electrons. The average molecular weight is 428 g/mol. The van der Waals surface area contributed by atoms with Crippen LogP contribution in [0, 0.1) is 5.92 Å². The summed E-state index contributed by atoms with van der Waals surface area (Å²) in [5, 5.41) is 0. The SMILES string of the molecule is COc1ccccc1CN1C[C@@H]2C[C@@H](c3ccc(OC(F)F)cc3)N3CCC[C@@]23C1=O. The lowest BCUT2D eigenvalue weighted by molar-refractivity contribution is -0.137. The van der Waals surface area contributed by atoms with Crippen LogP contribution in [0.4, 0.5) is 8.78 Å². The third kappa shape index (κ3) is 3.26. The van der Waals surface area contributed by atoms with Gasteiger partial charge in [0.25, 0.3) is 0 Å². The standard InChI is InChI=1S/C24H26F2N2O3/c1-30-21-6-3-2-5-17(21)14-27-15-18-13-20(28-12-4-11-24(18,28)22(27)29)16-7-9-19(10-8-16)31-23(25)26/h2-3,5-10,18,20,23H,4,11-15H2,1H3/t18-,20-,24-/m0/s1. The number of carbonyl (C=O) groups is 1. The fourth-order valence-electron chi connectivity index (χ4n) is 5.94. The highest BCUT2D eigenvalue weighted by molar-refractivity contribution is 5.90. The second-order valence-corrected chi connectivity index (χ2v) is 8.61. The first-order chi connectivity index (χ1) is 15.0. The minimum Gasteiger partial charge on any atom is -0.496 e. The number of halogens is 2. The van der Waals surface area contributed by atoms with Crippen LogP contribution in [0.15, 0.2) is 48.5 Å². The van der Waals surface area contributed by atoms with Gasteiger partial charge in [0.1, 0.15) is 17.0 Å². The van der Waals surface area contributed by atoms with E-state index in [0.717, 1.165) is 49.2 Å². The smallest absolute Gasteiger partial charge is 0.387 e. The molecule has 31 heavy (non-hydrogen) atoms. The molecule has 0 radical (unpaired) electrons. The predicted octanol–water partition coefficient (Wildman–Crippen LogP) is 4.23. The zero-order valence-corrected chi connectivity index (χ0v) is 17.5. The van der Waals surface area contributed by atoms with Crippen molar-refractivity contribution < 1.29 is 23.0 Å². The van der Waals surface area contributed by atoms with Crippen LogP contribution in [-0.4, -0.2) is 48.1 Å². The maximum absolute atomic E-state index is 13.7. The summed E-state index contributed by atoms with van der Waals surface area (Å²) in [6.45, 7) is -0.661. The Hall–Kier alpha value is -2.67. The van der Waals surface area contributed by atoms with Crippen LogP contribution in [0.5, 0.6) is 11.5 Å². The Bertz CT molecular complexity index is 968. The van der Waals surface area contributed by atoms with Crippen LogP contribution < -0.4 is 9.47 Å². The van der Waals surface area contributed by atoms with E-state index in [9.17, 15) is 13.6 Å². The lowest BCUT2D eigenvalue weighted by atomic mass is 9.85. The Kier molecular flexibility index (Phi) is 5.08. The zero-order chi connectivity index (χ0) is 21.6. The van der Waals surface area contributed by atoms with Crippen molar-refractivity contribution in [1.29, 1.82) is 0 Å². The van der Waals surface area contributed by atoms with E-state index in [1.165, 1.54) is 0 Å². The van der Waals surface area contributed by atoms with E-state index in [1.54, 1.807) is 19.2 Å². The van der Waals surface area contributed by atoms with Gasteiger partial charge in [0.05, 0.1) is 7.11 Å². The molecule has 5 nitrogen and oxygen atoms in total. The molecule has 0 aromatic heterocycles. The van der Waals surface area contributed by atoms with Crippen LogP contribution >= 0.6 is 0 Å². The van der Waals surface area contributed by atoms with Gasteiger partial charge in [-0.2, -0.15) is 8.78 Å². The van der Waals surface area contributed by atoms with Gasteiger partial charge in [-0.1, -0.05) is 30.3 Å². The molecule has 3 saturated heterocycles. The number of hydrogen-bond acceptors (Lipinski definition) is 4. The van der Waals surface area contributed by atoms with Gasteiger partial charge >= 0.3 is 6.61 Å². The summed E-state index contributed by atoms with van der Waals surface area (Å²) in [5.74, 6) is 1.43. The van der Waals surface area contributed by atoms with E-state index in [2.05, 4.69) is 9.64 Å². The molecule has 1 spiro atoms. The highest BCUT2D eigenvalue weighted by Crippen LogP contribution is 2.56. The number of rotatable bonds is 6. The van der Waals surface area contributed by atoms with Crippen molar-refractivity contribution >= 4 is 5.91 Å². The molecule has 0 unspecified atom stereocenters. The van der Waals surface area contributed by atoms with Crippen molar-refractivity contribution in [2.24, 2.45) is 5.92 Å². The van der Waals surface area contributed by atoms with Gasteiger partial charge in [-0.25, -0.2) is 0 Å². The number of alkyl halides is 2. The van der Waals surface area contributed by atoms with Gasteiger partial charge in [0, 0.05) is 30.6 Å². The first kappa shape index (κ1) is 20.2. The van der Waals surface area contributed by atoms with Gasteiger partial charge < -0.3 is 14.4 Å². The van der Waals surface area contributed by atoms with E-state index in [-0.39, 0.29) is 23.6 Å².